The first-order valence-corrected chi connectivity index (χ1v) is 10.5. The molecule has 0 aliphatic carbocycles. The number of nitrogens with zero attached hydrogens (tertiary/aromatic N) is 1. The van der Waals surface area contributed by atoms with Crippen molar-refractivity contribution < 1.29 is 19.1 Å². The van der Waals surface area contributed by atoms with Gasteiger partial charge in [-0.25, -0.2) is 0 Å². The Kier molecular flexibility index (Phi) is 7.23. The molecular formula is C22H22ClNO4S. The first-order chi connectivity index (χ1) is 14.0. The second-order valence-electron chi connectivity index (χ2n) is 6.51. The third kappa shape index (κ3) is 5.34. The molecule has 1 aliphatic heterocycles. The van der Waals surface area contributed by atoms with Gasteiger partial charge in [0, 0.05) is 11.6 Å². The Morgan fingerprint density at radius 1 is 1.10 bits per heavy atom. The standard InChI is InChI=1S/C22H22ClNO4S/c1-3-4-11-24-21(25)20(29-22(24)26)13-16-7-10-18(19(12-16)27-2)28-14-15-5-8-17(23)9-6-15/h5-10,12-13H,3-4,11,14H2,1-2H3/b20-13-. The second-order valence-corrected chi connectivity index (χ2v) is 7.94. The number of carbonyl (C=O) groups excluding carboxylic acids is 2. The maximum absolute atomic E-state index is 12.5. The molecule has 7 heteroatoms. The number of halogens is 1. The Labute approximate surface area is 179 Å². The molecule has 0 atom stereocenters. The van der Waals surface area contributed by atoms with Gasteiger partial charge in [0.2, 0.25) is 0 Å². The van der Waals surface area contributed by atoms with Crippen LogP contribution in [-0.2, 0) is 11.4 Å². The molecule has 1 fully saturated rings. The van der Waals surface area contributed by atoms with E-state index in [4.69, 9.17) is 21.1 Å². The summed E-state index contributed by atoms with van der Waals surface area (Å²) in [5, 5.41) is 0.458. The number of methoxy groups -OCH3 is 1. The molecule has 1 saturated heterocycles. The lowest BCUT2D eigenvalue weighted by Crippen LogP contribution is -2.29. The first kappa shape index (κ1) is 21.3. The van der Waals surface area contributed by atoms with Crippen molar-refractivity contribution in [2.24, 2.45) is 0 Å². The molecule has 152 valence electrons. The van der Waals surface area contributed by atoms with Gasteiger partial charge in [-0.2, -0.15) is 0 Å². The molecule has 1 aliphatic rings. The summed E-state index contributed by atoms with van der Waals surface area (Å²) >= 11 is 6.87. The molecule has 2 aromatic rings. The van der Waals surface area contributed by atoms with Crippen LogP contribution in [0.25, 0.3) is 6.08 Å². The average molecular weight is 432 g/mol. The maximum atomic E-state index is 12.5. The van der Waals surface area contributed by atoms with Crippen LogP contribution in [0.3, 0.4) is 0 Å². The molecule has 29 heavy (non-hydrogen) atoms. The van der Waals surface area contributed by atoms with Crippen LogP contribution in [0, 0.1) is 0 Å². The summed E-state index contributed by atoms with van der Waals surface area (Å²) in [7, 11) is 1.56. The molecule has 2 amide bonds. The quantitative estimate of drug-likeness (QED) is 0.497. The fourth-order valence-electron chi connectivity index (χ4n) is 2.80. The Morgan fingerprint density at radius 2 is 1.86 bits per heavy atom. The van der Waals surface area contributed by atoms with Crippen LogP contribution in [0.15, 0.2) is 47.4 Å². The fourth-order valence-corrected chi connectivity index (χ4v) is 3.79. The molecule has 0 radical (unpaired) electrons. The van der Waals surface area contributed by atoms with E-state index in [-0.39, 0.29) is 11.1 Å². The van der Waals surface area contributed by atoms with Crippen molar-refractivity contribution in [1.29, 1.82) is 0 Å². The van der Waals surface area contributed by atoms with Crippen molar-refractivity contribution in [1.82, 2.24) is 4.90 Å². The molecular weight excluding hydrogens is 410 g/mol. The van der Waals surface area contributed by atoms with Crippen molar-refractivity contribution in [3.05, 3.63) is 63.5 Å². The predicted molar refractivity (Wildman–Crippen MR) is 116 cm³/mol. The maximum Gasteiger partial charge on any atom is 0.293 e. The zero-order valence-corrected chi connectivity index (χ0v) is 17.9. The van der Waals surface area contributed by atoms with Crippen molar-refractivity contribution >= 4 is 40.6 Å². The number of ether oxygens (including phenoxy) is 2. The summed E-state index contributed by atoms with van der Waals surface area (Å²) < 4.78 is 11.3. The fraction of sp³-hybridized carbons (Fsp3) is 0.273. The van der Waals surface area contributed by atoms with E-state index in [1.165, 1.54) is 4.90 Å². The summed E-state index contributed by atoms with van der Waals surface area (Å²) in [6.07, 6.45) is 3.44. The van der Waals surface area contributed by atoms with E-state index in [1.807, 2.05) is 37.3 Å². The van der Waals surface area contributed by atoms with Crippen LogP contribution < -0.4 is 9.47 Å². The van der Waals surface area contributed by atoms with E-state index in [9.17, 15) is 9.59 Å². The molecule has 2 aromatic carbocycles. The number of amides is 2. The lowest BCUT2D eigenvalue weighted by molar-refractivity contribution is -0.122. The summed E-state index contributed by atoms with van der Waals surface area (Å²) in [5.74, 6) is 0.907. The van der Waals surface area contributed by atoms with E-state index in [0.29, 0.717) is 34.6 Å². The topological polar surface area (TPSA) is 55.8 Å². The van der Waals surface area contributed by atoms with E-state index >= 15 is 0 Å². The number of imide groups is 1. The van der Waals surface area contributed by atoms with Crippen molar-refractivity contribution in [3.8, 4) is 11.5 Å². The highest BCUT2D eigenvalue weighted by Gasteiger charge is 2.34. The molecule has 1 heterocycles. The number of carbonyl (C=O) groups is 2. The Morgan fingerprint density at radius 3 is 2.55 bits per heavy atom. The largest absolute Gasteiger partial charge is 0.493 e. The predicted octanol–water partition coefficient (Wildman–Crippen LogP) is 5.76. The molecule has 0 unspecified atom stereocenters. The average Bonchev–Trinajstić information content (AvgIpc) is 2.99. The highest BCUT2D eigenvalue weighted by Crippen LogP contribution is 2.35. The number of hydrogen-bond donors (Lipinski definition) is 0. The Bertz CT molecular complexity index is 927. The SMILES string of the molecule is CCCCN1C(=O)S/C(=C\c2ccc(OCc3ccc(Cl)cc3)c(OC)c2)C1=O. The lowest BCUT2D eigenvalue weighted by atomic mass is 10.1. The molecule has 0 N–H and O–H groups in total. The summed E-state index contributed by atoms with van der Waals surface area (Å²) in [6.45, 7) is 2.86. The van der Waals surface area contributed by atoms with Gasteiger partial charge in [-0.3, -0.25) is 14.5 Å². The van der Waals surface area contributed by atoms with Crippen LogP contribution >= 0.6 is 23.4 Å². The van der Waals surface area contributed by atoms with E-state index in [2.05, 4.69) is 0 Å². The van der Waals surface area contributed by atoms with Gasteiger partial charge in [-0.1, -0.05) is 43.1 Å². The minimum atomic E-state index is -0.240. The zero-order valence-electron chi connectivity index (χ0n) is 16.3. The van der Waals surface area contributed by atoms with E-state index in [0.717, 1.165) is 35.7 Å². The number of thioether (sulfide) groups is 1. The van der Waals surface area contributed by atoms with Crippen LogP contribution in [0.4, 0.5) is 4.79 Å². The zero-order chi connectivity index (χ0) is 20.8. The molecule has 0 spiro atoms. The smallest absolute Gasteiger partial charge is 0.293 e. The van der Waals surface area contributed by atoms with Crippen LogP contribution in [0.1, 0.15) is 30.9 Å². The van der Waals surface area contributed by atoms with Gasteiger partial charge in [0.05, 0.1) is 12.0 Å². The molecule has 0 bridgehead atoms. The van der Waals surface area contributed by atoms with Gasteiger partial charge >= 0.3 is 0 Å². The van der Waals surface area contributed by atoms with Crippen LogP contribution in [-0.4, -0.2) is 29.7 Å². The number of rotatable bonds is 8. The van der Waals surface area contributed by atoms with Crippen molar-refractivity contribution in [2.75, 3.05) is 13.7 Å². The summed E-state index contributed by atoms with van der Waals surface area (Å²) in [4.78, 5) is 26.3. The number of unbranched alkanes of at least 4 members (excludes halogenated alkanes) is 1. The number of hydrogen-bond acceptors (Lipinski definition) is 5. The molecule has 0 saturated carbocycles. The minimum Gasteiger partial charge on any atom is -0.493 e. The summed E-state index contributed by atoms with van der Waals surface area (Å²) in [5.41, 5.74) is 1.75. The second kappa shape index (κ2) is 9.85. The van der Waals surface area contributed by atoms with Gasteiger partial charge in [0.15, 0.2) is 11.5 Å². The number of benzene rings is 2. The van der Waals surface area contributed by atoms with Crippen LogP contribution in [0.5, 0.6) is 11.5 Å². The highest BCUT2D eigenvalue weighted by molar-refractivity contribution is 8.18. The molecule has 0 aromatic heterocycles. The van der Waals surface area contributed by atoms with Gasteiger partial charge < -0.3 is 9.47 Å². The van der Waals surface area contributed by atoms with Crippen LogP contribution in [0.2, 0.25) is 5.02 Å². The van der Waals surface area contributed by atoms with Gasteiger partial charge in [0.1, 0.15) is 6.61 Å². The Balaban J connectivity index is 1.73. The molecule has 5 nitrogen and oxygen atoms in total. The van der Waals surface area contributed by atoms with Gasteiger partial charge in [-0.05, 0) is 59.7 Å². The minimum absolute atomic E-state index is 0.218. The first-order valence-electron chi connectivity index (χ1n) is 9.32. The van der Waals surface area contributed by atoms with Crippen molar-refractivity contribution in [2.45, 2.75) is 26.4 Å². The van der Waals surface area contributed by atoms with Gasteiger partial charge in [-0.15, -0.1) is 0 Å². The summed E-state index contributed by atoms with van der Waals surface area (Å²) in [6, 6.07) is 12.8. The van der Waals surface area contributed by atoms with E-state index in [1.54, 1.807) is 25.3 Å². The molecule has 3 rings (SSSR count). The van der Waals surface area contributed by atoms with Crippen molar-refractivity contribution in [3.63, 3.8) is 0 Å². The highest BCUT2D eigenvalue weighted by atomic mass is 35.5. The van der Waals surface area contributed by atoms with Gasteiger partial charge in [0.25, 0.3) is 11.1 Å². The third-order valence-corrected chi connectivity index (χ3v) is 5.56. The normalized spacial score (nSPS) is 15.3. The Hall–Kier alpha value is -2.44. The monoisotopic (exact) mass is 431 g/mol. The third-order valence-electron chi connectivity index (χ3n) is 4.40. The lowest BCUT2D eigenvalue weighted by Gasteiger charge is -2.12. The van der Waals surface area contributed by atoms with E-state index < -0.39 is 0 Å².